The number of aryl methyl sites for hydroxylation is 1. The van der Waals surface area contributed by atoms with Crippen molar-refractivity contribution in [3.8, 4) is 0 Å². The van der Waals surface area contributed by atoms with Gasteiger partial charge in [0.25, 0.3) is 11.5 Å². The number of nitrogens with zero attached hydrogens (tertiary/aromatic N) is 2. The molecule has 2 heterocycles. The highest BCUT2D eigenvalue weighted by molar-refractivity contribution is 6.06. The Balaban J connectivity index is 1.53. The summed E-state index contributed by atoms with van der Waals surface area (Å²) in [5, 5.41) is 4.36. The van der Waals surface area contributed by atoms with Crippen LogP contribution in [0.1, 0.15) is 16.2 Å². The van der Waals surface area contributed by atoms with Crippen LogP contribution >= 0.6 is 0 Å². The van der Waals surface area contributed by atoms with Crippen molar-refractivity contribution in [2.24, 2.45) is 0 Å². The number of H-pyrrole nitrogens is 1. The van der Waals surface area contributed by atoms with Crippen molar-refractivity contribution >= 4 is 27.7 Å². The van der Waals surface area contributed by atoms with E-state index in [2.05, 4.69) is 15.3 Å². The number of aromatic amines is 1. The molecule has 0 unspecified atom stereocenters. The molecule has 4 aromatic rings. The van der Waals surface area contributed by atoms with E-state index in [1.54, 1.807) is 23.6 Å². The van der Waals surface area contributed by atoms with Crippen molar-refractivity contribution in [2.75, 3.05) is 6.54 Å². The number of carbonyl (C=O) groups is 1. The molecule has 0 radical (unpaired) electrons. The fourth-order valence-corrected chi connectivity index (χ4v) is 3.20. The Morgan fingerprint density at radius 1 is 1.12 bits per heavy atom. The second kappa shape index (κ2) is 6.48. The lowest BCUT2D eigenvalue weighted by molar-refractivity contribution is 0.0953. The third kappa shape index (κ3) is 2.75. The van der Waals surface area contributed by atoms with Gasteiger partial charge in [0.15, 0.2) is 0 Å². The summed E-state index contributed by atoms with van der Waals surface area (Å²) in [5.41, 5.74) is 2.14. The maximum absolute atomic E-state index is 12.6. The molecule has 0 bridgehead atoms. The van der Waals surface area contributed by atoms with Gasteiger partial charge in [-0.1, -0.05) is 18.2 Å². The van der Waals surface area contributed by atoms with Gasteiger partial charge >= 0.3 is 0 Å². The van der Waals surface area contributed by atoms with Gasteiger partial charge in [-0.25, -0.2) is 4.98 Å². The lowest BCUT2D eigenvalue weighted by Gasteiger charge is -2.12. The number of hydrogen-bond donors (Lipinski definition) is 2. The zero-order valence-corrected chi connectivity index (χ0v) is 14.3. The van der Waals surface area contributed by atoms with Crippen LogP contribution in [-0.2, 0) is 6.54 Å². The molecule has 0 aliphatic heterocycles. The number of hydrogen-bond acceptors (Lipinski definition) is 3. The number of nitrogens with one attached hydrogen (secondary N) is 2. The first-order valence-corrected chi connectivity index (χ1v) is 8.45. The first kappa shape index (κ1) is 16.1. The quantitative estimate of drug-likeness (QED) is 0.596. The predicted octanol–water partition coefficient (Wildman–Crippen LogP) is 2.62. The highest BCUT2D eigenvalue weighted by atomic mass is 16.1. The highest BCUT2D eigenvalue weighted by Gasteiger charge is 2.11. The van der Waals surface area contributed by atoms with Gasteiger partial charge in [-0.3, -0.25) is 14.2 Å². The molecule has 130 valence electrons. The zero-order valence-electron chi connectivity index (χ0n) is 14.3. The van der Waals surface area contributed by atoms with Crippen LogP contribution in [0.2, 0.25) is 0 Å². The molecule has 0 saturated heterocycles. The van der Waals surface area contributed by atoms with Crippen LogP contribution in [0.3, 0.4) is 0 Å². The number of amides is 1. The summed E-state index contributed by atoms with van der Waals surface area (Å²) < 4.78 is 1.60. The largest absolute Gasteiger partial charge is 0.361 e. The fourth-order valence-electron chi connectivity index (χ4n) is 3.20. The van der Waals surface area contributed by atoms with E-state index in [0.29, 0.717) is 35.4 Å². The van der Waals surface area contributed by atoms with Crippen molar-refractivity contribution in [1.82, 2.24) is 19.9 Å². The first-order chi connectivity index (χ1) is 12.6. The van der Waals surface area contributed by atoms with Crippen LogP contribution in [0.5, 0.6) is 0 Å². The average Bonchev–Trinajstić information content (AvgIpc) is 3.13. The molecule has 0 aliphatic rings. The molecule has 0 atom stereocenters. The van der Waals surface area contributed by atoms with Crippen LogP contribution in [-0.4, -0.2) is 27.0 Å². The van der Waals surface area contributed by atoms with Gasteiger partial charge in [0, 0.05) is 35.8 Å². The molecule has 6 heteroatoms. The summed E-state index contributed by atoms with van der Waals surface area (Å²) >= 11 is 0. The molecule has 0 saturated carbocycles. The smallest absolute Gasteiger partial charge is 0.261 e. The fraction of sp³-hybridized carbons (Fsp3) is 0.150. The minimum absolute atomic E-state index is 0.0879. The number of para-hydroxylation sites is 1. The van der Waals surface area contributed by atoms with Crippen molar-refractivity contribution in [1.29, 1.82) is 0 Å². The third-order valence-electron chi connectivity index (χ3n) is 4.51. The van der Waals surface area contributed by atoms with E-state index in [1.165, 1.54) is 0 Å². The second-order valence-electron chi connectivity index (χ2n) is 6.13. The van der Waals surface area contributed by atoms with Crippen LogP contribution in [0.25, 0.3) is 21.8 Å². The lowest BCUT2D eigenvalue weighted by atomic mass is 10.1. The Labute approximate surface area is 149 Å². The van der Waals surface area contributed by atoms with Gasteiger partial charge in [-0.15, -0.1) is 0 Å². The molecule has 1 amide bonds. The number of rotatable bonds is 4. The molecular weight excluding hydrogens is 328 g/mol. The van der Waals surface area contributed by atoms with Gasteiger partial charge in [0.2, 0.25) is 0 Å². The summed E-state index contributed by atoms with van der Waals surface area (Å²) in [6.07, 6.45) is 1.81. The standard InChI is InChI=1S/C20H18N4O2/c1-13-23-18-7-3-2-5-16(18)20(26)24(13)12-11-22-19(25)15-6-4-8-17-14(15)9-10-21-17/h2-10,21H,11-12H2,1H3,(H,22,25). The molecule has 2 aromatic heterocycles. The summed E-state index contributed by atoms with van der Waals surface area (Å²) in [7, 11) is 0. The van der Waals surface area contributed by atoms with Gasteiger partial charge < -0.3 is 10.3 Å². The van der Waals surface area contributed by atoms with E-state index in [4.69, 9.17) is 0 Å². The minimum Gasteiger partial charge on any atom is -0.361 e. The minimum atomic E-state index is -0.158. The molecule has 0 spiro atoms. The van der Waals surface area contributed by atoms with Gasteiger partial charge in [-0.05, 0) is 37.3 Å². The van der Waals surface area contributed by atoms with Crippen LogP contribution in [0.15, 0.2) is 59.5 Å². The topological polar surface area (TPSA) is 79.8 Å². The molecule has 4 rings (SSSR count). The monoisotopic (exact) mass is 346 g/mol. The van der Waals surface area contributed by atoms with Crippen molar-refractivity contribution < 1.29 is 4.79 Å². The van der Waals surface area contributed by atoms with E-state index in [9.17, 15) is 9.59 Å². The second-order valence-corrected chi connectivity index (χ2v) is 6.13. The summed E-state index contributed by atoms with van der Waals surface area (Å²) in [6, 6.07) is 14.7. The molecule has 6 nitrogen and oxygen atoms in total. The highest BCUT2D eigenvalue weighted by Crippen LogP contribution is 2.17. The van der Waals surface area contributed by atoms with Gasteiger partial charge in [0.1, 0.15) is 5.82 Å². The Bertz CT molecular complexity index is 1170. The number of fused-ring (bicyclic) bond motifs is 2. The van der Waals surface area contributed by atoms with Crippen molar-refractivity contribution in [3.05, 3.63) is 76.5 Å². The molecule has 2 aromatic carbocycles. The van der Waals surface area contributed by atoms with Crippen LogP contribution in [0.4, 0.5) is 0 Å². The average molecular weight is 346 g/mol. The van der Waals surface area contributed by atoms with E-state index >= 15 is 0 Å². The summed E-state index contributed by atoms with van der Waals surface area (Å²) in [4.78, 5) is 32.7. The van der Waals surface area contributed by atoms with Crippen LogP contribution < -0.4 is 10.9 Å². The lowest BCUT2D eigenvalue weighted by Crippen LogP contribution is -2.32. The molecule has 0 aliphatic carbocycles. The maximum atomic E-state index is 12.6. The maximum Gasteiger partial charge on any atom is 0.261 e. The van der Waals surface area contributed by atoms with E-state index < -0.39 is 0 Å². The van der Waals surface area contributed by atoms with Gasteiger partial charge in [-0.2, -0.15) is 0 Å². The first-order valence-electron chi connectivity index (χ1n) is 8.45. The Hall–Kier alpha value is -3.41. The van der Waals surface area contributed by atoms with Crippen molar-refractivity contribution in [3.63, 3.8) is 0 Å². The summed E-state index contributed by atoms with van der Waals surface area (Å²) in [6.45, 7) is 2.52. The van der Waals surface area contributed by atoms with E-state index in [1.807, 2.05) is 42.6 Å². The van der Waals surface area contributed by atoms with Gasteiger partial charge in [0.05, 0.1) is 10.9 Å². The SMILES string of the molecule is Cc1nc2ccccc2c(=O)n1CCNC(=O)c1cccc2[nH]ccc12. The number of aromatic nitrogens is 3. The number of benzene rings is 2. The Kier molecular flexibility index (Phi) is 4.01. The van der Waals surface area contributed by atoms with Crippen LogP contribution in [0, 0.1) is 6.92 Å². The Morgan fingerprint density at radius 3 is 2.85 bits per heavy atom. The normalized spacial score (nSPS) is 11.1. The number of carbonyl (C=O) groups excluding carboxylic acids is 1. The predicted molar refractivity (Wildman–Crippen MR) is 101 cm³/mol. The molecular formula is C20H18N4O2. The van der Waals surface area contributed by atoms with E-state index in [-0.39, 0.29) is 11.5 Å². The molecule has 2 N–H and O–H groups in total. The Morgan fingerprint density at radius 2 is 1.96 bits per heavy atom. The van der Waals surface area contributed by atoms with Crippen molar-refractivity contribution in [2.45, 2.75) is 13.5 Å². The third-order valence-corrected chi connectivity index (χ3v) is 4.51. The molecule has 26 heavy (non-hydrogen) atoms. The molecule has 0 fully saturated rings. The zero-order chi connectivity index (χ0) is 18.1. The summed E-state index contributed by atoms with van der Waals surface area (Å²) in [5.74, 6) is 0.477. The van der Waals surface area contributed by atoms with E-state index in [0.717, 1.165) is 10.9 Å².